The fraction of sp³-hybridized carbons (Fsp3) is 0.350. The van der Waals surface area contributed by atoms with Crippen LogP contribution in [0.1, 0.15) is 51.0 Å². The van der Waals surface area contributed by atoms with Gasteiger partial charge in [0.2, 0.25) is 5.91 Å². The Morgan fingerprint density at radius 3 is 2.38 bits per heavy atom. The summed E-state index contributed by atoms with van der Waals surface area (Å²) in [5.41, 5.74) is 1.51. The molecule has 0 unspecified atom stereocenters. The molecule has 5 nitrogen and oxygen atoms in total. The first-order valence-electron chi connectivity index (χ1n) is 8.42. The Balaban J connectivity index is 1.97. The molecule has 1 atom stereocenters. The highest BCUT2D eigenvalue weighted by atomic mass is 32.1. The summed E-state index contributed by atoms with van der Waals surface area (Å²) >= 11 is 1.58. The van der Waals surface area contributed by atoms with Crippen molar-refractivity contribution in [2.45, 2.75) is 39.2 Å². The second-order valence-corrected chi connectivity index (χ2v) is 7.52. The van der Waals surface area contributed by atoms with Crippen LogP contribution < -0.4 is 5.32 Å². The number of esters is 1. The van der Waals surface area contributed by atoms with Crippen molar-refractivity contribution in [2.24, 2.45) is 0 Å². The minimum atomic E-state index is -0.476. The fourth-order valence-electron chi connectivity index (χ4n) is 2.72. The number of hydrogen-bond donors (Lipinski definition) is 1. The smallest absolute Gasteiger partial charge is 0.307 e. The van der Waals surface area contributed by atoms with Crippen molar-refractivity contribution in [3.05, 3.63) is 57.3 Å². The first-order valence-corrected chi connectivity index (χ1v) is 9.23. The number of benzene rings is 1. The van der Waals surface area contributed by atoms with E-state index < -0.39 is 12.0 Å². The molecule has 0 spiro atoms. The van der Waals surface area contributed by atoms with Crippen molar-refractivity contribution in [3.63, 3.8) is 0 Å². The van der Waals surface area contributed by atoms with Gasteiger partial charge in [0.25, 0.3) is 0 Å². The van der Waals surface area contributed by atoms with E-state index in [4.69, 9.17) is 4.74 Å². The van der Waals surface area contributed by atoms with Crippen molar-refractivity contribution in [3.8, 4) is 0 Å². The molecule has 0 aliphatic heterocycles. The van der Waals surface area contributed by atoms with Crippen LogP contribution >= 0.6 is 11.3 Å². The predicted molar refractivity (Wildman–Crippen MR) is 101 cm³/mol. The topological polar surface area (TPSA) is 72.5 Å². The van der Waals surface area contributed by atoms with Gasteiger partial charge in [-0.3, -0.25) is 14.4 Å². The Kier molecular flexibility index (Phi) is 7.09. The molecule has 1 aromatic carbocycles. The second-order valence-electron chi connectivity index (χ2n) is 6.06. The van der Waals surface area contributed by atoms with Gasteiger partial charge in [-0.15, -0.1) is 11.3 Å². The van der Waals surface area contributed by atoms with Crippen molar-refractivity contribution in [2.75, 3.05) is 7.11 Å². The quantitative estimate of drug-likeness (QED) is 0.565. The zero-order valence-electron chi connectivity index (χ0n) is 15.2. The highest BCUT2D eigenvalue weighted by Crippen LogP contribution is 2.22. The van der Waals surface area contributed by atoms with Crippen LogP contribution in [0.5, 0.6) is 0 Å². The van der Waals surface area contributed by atoms with Crippen LogP contribution in [-0.2, 0) is 14.3 Å². The molecule has 0 saturated carbocycles. The van der Waals surface area contributed by atoms with Gasteiger partial charge in [0.1, 0.15) is 0 Å². The third-order valence-electron chi connectivity index (χ3n) is 4.06. The summed E-state index contributed by atoms with van der Waals surface area (Å²) in [4.78, 5) is 38.3. The first-order chi connectivity index (χ1) is 12.4. The highest BCUT2D eigenvalue weighted by molar-refractivity contribution is 7.12. The van der Waals surface area contributed by atoms with Crippen LogP contribution in [-0.4, -0.2) is 24.8 Å². The highest BCUT2D eigenvalue weighted by Gasteiger charge is 2.20. The number of rotatable bonds is 8. The lowest BCUT2D eigenvalue weighted by molar-refractivity contribution is -0.141. The van der Waals surface area contributed by atoms with E-state index in [9.17, 15) is 14.4 Å². The van der Waals surface area contributed by atoms with Gasteiger partial charge in [-0.1, -0.05) is 30.3 Å². The second kappa shape index (κ2) is 9.29. The van der Waals surface area contributed by atoms with Crippen LogP contribution in [0.3, 0.4) is 0 Å². The molecule has 0 aliphatic rings. The van der Waals surface area contributed by atoms with E-state index in [2.05, 4.69) is 5.32 Å². The molecule has 0 fully saturated rings. The predicted octanol–water partition coefficient (Wildman–Crippen LogP) is 3.75. The van der Waals surface area contributed by atoms with E-state index in [0.717, 1.165) is 15.3 Å². The molecule has 1 aromatic heterocycles. The Labute approximate surface area is 157 Å². The van der Waals surface area contributed by atoms with Crippen molar-refractivity contribution < 1.29 is 19.1 Å². The molecular weight excluding hydrogens is 350 g/mol. The summed E-state index contributed by atoms with van der Waals surface area (Å²) in [5, 5.41) is 2.84. The third kappa shape index (κ3) is 5.52. The molecule has 138 valence electrons. The number of ether oxygens (including phenoxy) is 1. The zero-order valence-corrected chi connectivity index (χ0v) is 16.0. The molecule has 0 radical (unpaired) electrons. The summed E-state index contributed by atoms with van der Waals surface area (Å²) in [6.07, 6.45) is 0.267. The van der Waals surface area contributed by atoms with E-state index in [1.807, 2.05) is 50.2 Å². The van der Waals surface area contributed by atoms with Gasteiger partial charge in [-0.2, -0.15) is 0 Å². The standard InChI is InChI=1S/C20H23NO4S/c1-13-11-16(14(2)26-13)18(22)9-10-19(23)21-17(12-20(24)25-3)15-7-5-4-6-8-15/h4-8,11,17H,9-10,12H2,1-3H3,(H,21,23)/t17-/m1/s1. The average Bonchev–Trinajstić information content (AvgIpc) is 2.98. The third-order valence-corrected chi connectivity index (χ3v) is 5.02. The number of aryl methyl sites for hydroxylation is 2. The SMILES string of the molecule is COC(=O)C[C@@H](NC(=O)CCC(=O)c1cc(C)sc1C)c1ccccc1. The van der Waals surface area contributed by atoms with E-state index in [0.29, 0.717) is 5.56 Å². The Hall–Kier alpha value is -2.47. The average molecular weight is 373 g/mol. The van der Waals surface area contributed by atoms with E-state index in [1.54, 1.807) is 11.3 Å². The van der Waals surface area contributed by atoms with Gasteiger partial charge in [0.05, 0.1) is 19.6 Å². The number of amides is 1. The van der Waals surface area contributed by atoms with E-state index >= 15 is 0 Å². The van der Waals surface area contributed by atoms with Crippen LogP contribution in [0, 0.1) is 13.8 Å². The normalized spacial score (nSPS) is 11.7. The summed E-state index contributed by atoms with van der Waals surface area (Å²) in [5.74, 6) is -0.702. The molecule has 0 saturated heterocycles. The molecule has 6 heteroatoms. The van der Waals surface area contributed by atoms with Gasteiger partial charge in [-0.05, 0) is 25.5 Å². The monoisotopic (exact) mass is 373 g/mol. The molecule has 2 aromatic rings. The van der Waals surface area contributed by atoms with Crippen molar-refractivity contribution in [1.29, 1.82) is 0 Å². The Morgan fingerprint density at radius 2 is 1.81 bits per heavy atom. The maximum absolute atomic E-state index is 12.3. The summed E-state index contributed by atoms with van der Waals surface area (Å²) in [6.45, 7) is 3.87. The van der Waals surface area contributed by atoms with Crippen molar-refractivity contribution >= 4 is 29.0 Å². The maximum atomic E-state index is 12.3. The van der Waals surface area contributed by atoms with Crippen LogP contribution in [0.4, 0.5) is 0 Å². The van der Waals surface area contributed by atoms with Gasteiger partial charge in [0, 0.05) is 28.2 Å². The summed E-state index contributed by atoms with van der Waals surface area (Å²) < 4.78 is 4.71. The van der Waals surface area contributed by atoms with Crippen LogP contribution in [0.2, 0.25) is 0 Å². The van der Waals surface area contributed by atoms with E-state index in [1.165, 1.54) is 7.11 Å². The lowest BCUT2D eigenvalue weighted by Gasteiger charge is -2.18. The number of carbonyl (C=O) groups excluding carboxylic acids is 3. The summed E-state index contributed by atoms with van der Waals surface area (Å²) in [6, 6.07) is 10.6. The molecule has 1 heterocycles. The lowest BCUT2D eigenvalue weighted by Crippen LogP contribution is -2.30. The molecule has 1 amide bonds. The molecule has 0 bridgehead atoms. The molecular formula is C20H23NO4S. The van der Waals surface area contributed by atoms with E-state index in [-0.39, 0.29) is 31.0 Å². The van der Waals surface area contributed by atoms with Gasteiger partial charge < -0.3 is 10.1 Å². The molecule has 2 rings (SSSR count). The minimum absolute atomic E-state index is 0.0359. The minimum Gasteiger partial charge on any atom is -0.469 e. The van der Waals surface area contributed by atoms with Crippen molar-refractivity contribution in [1.82, 2.24) is 5.32 Å². The fourth-order valence-corrected chi connectivity index (χ4v) is 3.67. The number of Topliss-reactive ketones (excluding diaryl/α,β-unsaturated/α-hetero) is 1. The van der Waals surface area contributed by atoms with Crippen LogP contribution in [0.25, 0.3) is 0 Å². The van der Waals surface area contributed by atoms with Gasteiger partial charge in [0.15, 0.2) is 5.78 Å². The number of hydrogen-bond acceptors (Lipinski definition) is 5. The number of thiophene rings is 1. The summed E-state index contributed by atoms with van der Waals surface area (Å²) in [7, 11) is 1.32. The lowest BCUT2D eigenvalue weighted by atomic mass is 10.0. The molecule has 0 aliphatic carbocycles. The Morgan fingerprint density at radius 1 is 1.12 bits per heavy atom. The zero-order chi connectivity index (χ0) is 19.1. The van der Waals surface area contributed by atoms with Gasteiger partial charge in [-0.25, -0.2) is 0 Å². The Bertz CT molecular complexity index is 782. The van der Waals surface area contributed by atoms with Gasteiger partial charge >= 0.3 is 5.97 Å². The number of nitrogens with one attached hydrogen (secondary N) is 1. The maximum Gasteiger partial charge on any atom is 0.307 e. The van der Waals surface area contributed by atoms with Crippen LogP contribution in [0.15, 0.2) is 36.4 Å². The number of ketones is 1. The largest absolute Gasteiger partial charge is 0.469 e. The molecule has 1 N–H and O–H groups in total. The molecule has 26 heavy (non-hydrogen) atoms. The first kappa shape index (κ1) is 19.8. The number of methoxy groups -OCH3 is 1. The number of carbonyl (C=O) groups is 3.